The van der Waals surface area contributed by atoms with E-state index in [-0.39, 0.29) is 11.7 Å². The van der Waals surface area contributed by atoms with Gasteiger partial charge in [-0.2, -0.15) is 0 Å². The molecule has 0 radical (unpaired) electrons. The second-order valence-corrected chi connectivity index (χ2v) is 6.61. The number of hydrogen-bond donors (Lipinski definition) is 2. The normalized spacial score (nSPS) is 15.9. The van der Waals surface area contributed by atoms with Gasteiger partial charge in [0.25, 0.3) is 5.91 Å². The molecule has 0 aromatic heterocycles. The highest BCUT2D eigenvalue weighted by Gasteiger charge is 2.34. The summed E-state index contributed by atoms with van der Waals surface area (Å²) >= 11 is 6.01. The predicted molar refractivity (Wildman–Crippen MR) is 106 cm³/mol. The van der Waals surface area contributed by atoms with Crippen LogP contribution in [-0.2, 0) is 0 Å². The molecule has 1 unspecified atom stereocenters. The lowest BCUT2D eigenvalue weighted by Gasteiger charge is -2.38. The van der Waals surface area contributed by atoms with E-state index in [2.05, 4.69) is 5.32 Å². The molecule has 4 rings (SSSR count). The minimum absolute atomic E-state index is 0.0131. The van der Waals surface area contributed by atoms with Gasteiger partial charge in [0.15, 0.2) is 11.5 Å². The van der Waals surface area contributed by atoms with Gasteiger partial charge in [0.2, 0.25) is 0 Å². The first kappa shape index (κ1) is 17.2. The Balaban J connectivity index is 1.85. The number of aromatic hydroxyl groups is 1. The van der Waals surface area contributed by atoms with E-state index in [0.717, 1.165) is 11.3 Å². The van der Waals surface area contributed by atoms with Gasteiger partial charge < -0.3 is 15.2 Å². The molecule has 0 saturated heterocycles. The van der Waals surface area contributed by atoms with Crippen LogP contribution in [0.4, 0.5) is 11.4 Å². The van der Waals surface area contributed by atoms with Crippen LogP contribution in [0.1, 0.15) is 22.1 Å². The summed E-state index contributed by atoms with van der Waals surface area (Å²) in [4.78, 5) is 14.9. The number of rotatable bonds is 3. The number of phenolic OH excluding ortho intramolecular Hbond substituents is 1. The largest absolute Gasteiger partial charge is 0.504 e. The number of anilines is 2. The third-order valence-corrected chi connectivity index (χ3v) is 4.80. The molecule has 1 atom stereocenters. The average Bonchev–Trinajstić information content (AvgIpc) is 2.69. The highest BCUT2D eigenvalue weighted by molar-refractivity contribution is 6.30. The summed E-state index contributed by atoms with van der Waals surface area (Å²) < 4.78 is 5.12. The third kappa shape index (κ3) is 3.06. The molecule has 2 N–H and O–H groups in total. The summed E-state index contributed by atoms with van der Waals surface area (Å²) in [5.41, 5.74) is 2.76. The number of ether oxygens (including phenoxy) is 1. The van der Waals surface area contributed by atoms with Crippen molar-refractivity contribution >= 4 is 28.9 Å². The topological polar surface area (TPSA) is 61.8 Å². The maximum absolute atomic E-state index is 13.3. The van der Waals surface area contributed by atoms with Gasteiger partial charge >= 0.3 is 0 Å². The Bertz CT molecular complexity index is 1000. The van der Waals surface area contributed by atoms with E-state index in [1.165, 1.54) is 7.11 Å². The fraction of sp³-hybridized carbons (Fsp3) is 0.0952. The Morgan fingerprint density at radius 3 is 2.52 bits per heavy atom. The van der Waals surface area contributed by atoms with Crippen molar-refractivity contribution in [3.8, 4) is 11.5 Å². The minimum atomic E-state index is -0.495. The number of halogens is 1. The number of amides is 1. The van der Waals surface area contributed by atoms with Gasteiger partial charge in [-0.1, -0.05) is 29.8 Å². The van der Waals surface area contributed by atoms with Crippen molar-refractivity contribution in [1.82, 2.24) is 0 Å². The van der Waals surface area contributed by atoms with Crippen LogP contribution in [0.15, 0.2) is 66.7 Å². The lowest BCUT2D eigenvalue weighted by molar-refractivity contribution is 0.0975. The highest BCUT2D eigenvalue weighted by Crippen LogP contribution is 2.39. The van der Waals surface area contributed by atoms with Gasteiger partial charge in [-0.15, -0.1) is 0 Å². The number of nitrogens with one attached hydrogen (secondary N) is 1. The average molecular weight is 381 g/mol. The molecule has 136 valence electrons. The zero-order valence-corrected chi connectivity index (χ0v) is 15.3. The first-order valence-corrected chi connectivity index (χ1v) is 8.78. The van der Waals surface area contributed by atoms with Gasteiger partial charge in [-0.25, -0.2) is 0 Å². The molecule has 0 fully saturated rings. The van der Waals surface area contributed by atoms with Crippen molar-refractivity contribution in [3.63, 3.8) is 0 Å². The van der Waals surface area contributed by atoms with E-state index in [0.29, 0.717) is 22.0 Å². The van der Waals surface area contributed by atoms with Crippen LogP contribution in [0.2, 0.25) is 5.02 Å². The molecule has 0 bridgehead atoms. The number of phenols is 1. The van der Waals surface area contributed by atoms with E-state index >= 15 is 0 Å². The molecule has 0 spiro atoms. The Morgan fingerprint density at radius 1 is 1.07 bits per heavy atom. The third-order valence-electron chi connectivity index (χ3n) is 4.55. The molecule has 27 heavy (non-hydrogen) atoms. The molecule has 5 nitrogen and oxygen atoms in total. The molecule has 1 aliphatic rings. The Kier molecular flexibility index (Phi) is 4.38. The summed E-state index contributed by atoms with van der Waals surface area (Å²) in [7, 11) is 1.49. The molecule has 0 saturated carbocycles. The second-order valence-electron chi connectivity index (χ2n) is 6.18. The monoisotopic (exact) mass is 380 g/mol. The quantitative estimate of drug-likeness (QED) is 0.683. The van der Waals surface area contributed by atoms with Crippen LogP contribution in [0.25, 0.3) is 0 Å². The van der Waals surface area contributed by atoms with Gasteiger partial charge in [0.1, 0.15) is 6.17 Å². The number of hydrogen-bond acceptors (Lipinski definition) is 4. The van der Waals surface area contributed by atoms with Crippen molar-refractivity contribution in [2.24, 2.45) is 0 Å². The van der Waals surface area contributed by atoms with Crippen molar-refractivity contribution in [2.75, 3.05) is 17.3 Å². The van der Waals surface area contributed by atoms with Crippen LogP contribution >= 0.6 is 11.6 Å². The molecule has 0 aliphatic carbocycles. The number of nitrogens with zero attached hydrogens (tertiary/aromatic N) is 1. The van der Waals surface area contributed by atoms with Gasteiger partial charge in [0, 0.05) is 16.4 Å². The van der Waals surface area contributed by atoms with Crippen LogP contribution in [0.3, 0.4) is 0 Å². The predicted octanol–water partition coefficient (Wildman–Crippen LogP) is 4.83. The minimum Gasteiger partial charge on any atom is -0.504 e. The summed E-state index contributed by atoms with van der Waals surface area (Å²) in [5, 5.41) is 14.2. The van der Waals surface area contributed by atoms with E-state index in [1.807, 2.05) is 24.3 Å². The number of methoxy groups -OCH3 is 1. The molecule has 3 aromatic carbocycles. The zero-order chi connectivity index (χ0) is 19.0. The standard InChI is InChI=1S/C21H17ClN2O3/c1-27-19-11-6-13(12-18(19)25)20-23-17-5-3-2-4-16(17)21(26)24(20)15-9-7-14(22)8-10-15/h2-12,20,23,25H,1H3. The highest BCUT2D eigenvalue weighted by atomic mass is 35.5. The lowest BCUT2D eigenvalue weighted by atomic mass is 10.0. The second kappa shape index (κ2) is 6.85. The smallest absolute Gasteiger partial charge is 0.262 e. The number of carbonyl (C=O) groups excluding carboxylic acids is 1. The number of benzene rings is 3. The van der Waals surface area contributed by atoms with Crippen LogP contribution in [0.5, 0.6) is 11.5 Å². The van der Waals surface area contributed by atoms with Crippen LogP contribution < -0.4 is 15.0 Å². The van der Waals surface area contributed by atoms with Crippen molar-refractivity contribution in [2.45, 2.75) is 6.17 Å². The number of carbonyl (C=O) groups is 1. The lowest BCUT2D eigenvalue weighted by Crippen LogP contribution is -2.43. The molecule has 1 heterocycles. The van der Waals surface area contributed by atoms with Gasteiger partial charge in [0.05, 0.1) is 12.7 Å². The van der Waals surface area contributed by atoms with Crippen molar-refractivity contribution < 1.29 is 14.6 Å². The molecular formula is C21H17ClN2O3. The Labute approximate surface area is 161 Å². The summed E-state index contributed by atoms with van der Waals surface area (Å²) in [6.45, 7) is 0. The summed E-state index contributed by atoms with van der Waals surface area (Å²) in [6.07, 6.45) is -0.495. The zero-order valence-electron chi connectivity index (χ0n) is 14.5. The fourth-order valence-electron chi connectivity index (χ4n) is 3.23. The van der Waals surface area contributed by atoms with Crippen LogP contribution in [0, 0.1) is 0 Å². The van der Waals surface area contributed by atoms with Crippen LogP contribution in [-0.4, -0.2) is 18.1 Å². The van der Waals surface area contributed by atoms with Crippen molar-refractivity contribution in [1.29, 1.82) is 0 Å². The molecule has 3 aromatic rings. The van der Waals surface area contributed by atoms with E-state index in [1.54, 1.807) is 47.4 Å². The van der Waals surface area contributed by atoms with E-state index in [4.69, 9.17) is 16.3 Å². The van der Waals surface area contributed by atoms with Gasteiger partial charge in [-0.3, -0.25) is 9.69 Å². The maximum Gasteiger partial charge on any atom is 0.262 e. The van der Waals surface area contributed by atoms with E-state index < -0.39 is 6.17 Å². The molecule has 1 amide bonds. The van der Waals surface area contributed by atoms with E-state index in [9.17, 15) is 9.90 Å². The number of fused-ring (bicyclic) bond motifs is 1. The number of para-hydroxylation sites is 1. The SMILES string of the molecule is COc1ccc(C2Nc3ccccc3C(=O)N2c2ccc(Cl)cc2)cc1O. The Morgan fingerprint density at radius 2 is 1.81 bits per heavy atom. The summed E-state index contributed by atoms with van der Waals surface area (Å²) in [6, 6.07) is 19.5. The summed E-state index contributed by atoms with van der Waals surface area (Å²) in [5.74, 6) is 0.255. The maximum atomic E-state index is 13.3. The first-order chi connectivity index (χ1) is 13.1. The molecular weight excluding hydrogens is 364 g/mol. The first-order valence-electron chi connectivity index (χ1n) is 8.40. The fourth-order valence-corrected chi connectivity index (χ4v) is 3.36. The van der Waals surface area contributed by atoms with Gasteiger partial charge in [-0.05, 0) is 54.1 Å². The molecule has 6 heteroatoms. The molecule has 1 aliphatic heterocycles. The van der Waals surface area contributed by atoms with Crippen molar-refractivity contribution in [3.05, 3.63) is 82.9 Å². The Hall–Kier alpha value is -3.18.